The summed E-state index contributed by atoms with van der Waals surface area (Å²) < 4.78 is 0. The molecule has 1 aromatic rings. The van der Waals surface area contributed by atoms with Crippen LogP contribution in [-0.2, 0) is 0 Å². The quantitative estimate of drug-likeness (QED) is 0.870. The highest BCUT2D eigenvalue weighted by atomic mass is 35.5. The highest BCUT2D eigenvalue weighted by molar-refractivity contribution is 6.34. The number of nitrogens with one attached hydrogen (secondary N) is 1. The molecule has 3 nitrogen and oxygen atoms in total. The topological polar surface area (TPSA) is 49.3 Å². The first kappa shape index (κ1) is 13.2. The van der Waals surface area contributed by atoms with Crippen molar-refractivity contribution in [2.75, 3.05) is 11.9 Å². The number of rotatable bonds is 4. The molecule has 2 N–H and O–H groups in total. The fraction of sp³-hybridized carbons (Fsp3) is 0.500. The molecule has 0 saturated heterocycles. The van der Waals surface area contributed by atoms with Crippen molar-refractivity contribution in [3.8, 4) is 0 Å². The smallest absolute Gasteiger partial charge is 0.339 e. The lowest BCUT2D eigenvalue weighted by Crippen LogP contribution is -2.14. The summed E-state index contributed by atoms with van der Waals surface area (Å²) in [4.78, 5) is 11.2. The first-order valence-electron chi connectivity index (χ1n) is 6.33. The van der Waals surface area contributed by atoms with Gasteiger partial charge in [-0.3, -0.25) is 0 Å². The summed E-state index contributed by atoms with van der Waals surface area (Å²) in [6.45, 7) is 3.09. The Bertz CT molecular complexity index is 447. The number of carboxylic acids is 1. The molecule has 98 valence electrons. The molecule has 18 heavy (non-hydrogen) atoms. The maximum atomic E-state index is 11.2. The van der Waals surface area contributed by atoms with E-state index in [1.807, 2.05) is 0 Å². The van der Waals surface area contributed by atoms with E-state index < -0.39 is 5.97 Å². The Balaban J connectivity index is 2.05. The first-order valence-corrected chi connectivity index (χ1v) is 6.71. The van der Waals surface area contributed by atoms with Gasteiger partial charge in [-0.05, 0) is 36.8 Å². The molecular weight excluding hydrogens is 250 g/mol. The van der Waals surface area contributed by atoms with Gasteiger partial charge >= 0.3 is 5.97 Å². The van der Waals surface area contributed by atoms with Gasteiger partial charge in [0.05, 0.1) is 10.7 Å². The molecule has 4 heteroatoms. The van der Waals surface area contributed by atoms with Crippen LogP contribution in [0, 0.1) is 11.8 Å². The summed E-state index contributed by atoms with van der Waals surface area (Å²) >= 11 is 5.92. The number of anilines is 1. The summed E-state index contributed by atoms with van der Waals surface area (Å²) in [7, 11) is 0. The van der Waals surface area contributed by atoms with Crippen LogP contribution in [0.2, 0.25) is 5.02 Å². The first-order chi connectivity index (χ1) is 8.58. The SMILES string of the molecule is CC1CCC(CNc2cccc(Cl)c2C(=O)O)C1. The van der Waals surface area contributed by atoms with Crippen molar-refractivity contribution >= 4 is 23.3 Å². The molecule has 1 aromatic carbocycles. The number of carboxylic acid groups (broad SMARTS) is 1. The van der Waals surface area contributed by atoms with Gasteiger partial charge in [0.1, 0.15) is 5.56 Å². The fourth-order valence-corrected chi connectivity index (χ4v) is 2.91. The van der Waals surface area contributed by atoms with Gasteiger partial charge in [0, 0.05) is 6.54 Å². The maximum absolute atomic E-state index is 11.2. The molecule has 0 aromatic heterocycles. The van der Waals surface area contributed by atoms with Gasteiger partial charge in [-0.2, -0.15) is 0 Å². The molecule has 1 saturated carbocycles. The van der Waals surface area contributed by atoms with Crippen molar-refractivity contribution < 1.29 is 9.90 Å². The zero-order valence-corrected chi connectivity index (χ0v) is 11.2. The van der Waals surface area contributed by atoms with Crippen molar-refractivity contribution in [2.24, 2.45) is 11.8 Å². The van der Waals surface area contributed by atoms with E-state index in [0.29, 0.717) is 11.6 Å². The van der Waals surface area contributed by atoms with Gasteiger partial charge < -0.3 is 10.4 Å². The Morgan fingerprint density at radius 2 is 2.28 bits per heavy atom. The van der Waals surface area contributed by atoms with Crippen LogP contribution in [0.25, 0.3) is 0 Å². The van der Waals surface area contributed by atoms with E-state index >= 15 is 0 Å². The molecule has 1 fully saturated rings. The molecule has 0 heterocycles. The van der Waals surface area contributed by atoms with Crippen molar-refractivity contribution in [3.05, 3.63) is 28.8 Å². The normalized spacial score (nSPS) is 23.0. The molecule has 0 aliphatic heterocycles. The zero-order valence-electron chi connectivity index (χ0n) is 10.4. The molecule has 0 spiro atoms. The molecule has 0 amide bonds. The molecule has 0 radical (unpaired) electrons. The van der Waals surface area contributed by atoms with Gasteiger partial charge in [0.25, 0.3) is 0 Å². The van der Waals surface area contributed by atoms with Gasteiger partial charge in [0.2, 0.25) is 0 Å². The minimum Gasteiger partial charge on any atom is -0.478 e. The van der Waals surface area contributed by atoms with Crippen LogP contribution >= 0.6 is 11.6 Å². The second kappa shape index (κ2) is 5.61. The van der Waals surface area contributed by atoms with E-state index in [1.165, 1.54) is 19.3 Å². The molecule has 2 atom stereocenters. The fourth-order valence-electron chi connectivity index (χ4n) is 2.65. The summed E-state index contributed by atoms with van der Waals surface area (Å²) in [6.07, 6.45) is 3.71. The van der Waals surface area contributed by atoms with Crippen LogP contribution in [0.1, 0.15) is 36.5 Å². The average molecular weight is 268 g/mol. The number of benzene rings is 1. The van der Waals surface area contributed by atoms with E-state index in [1.54, 1.807) is 18.2 Å². The summed E-state index contributed by atoms with van der Waals surface area (Å²) in [6, 6.07) is 5.15. The lowest BCUT2D eigenvalue weighted by molar-refractivity contribution is 0.0698. The van der Waals surface area contributed by atoms with Crippen LogP contribution in [0.3, 0.4) is 0 Å². The van der Waals surface area contributed by atoms with Gasteiger partial charge in [0.15, 0.2) is 0 Å². The average Bonchev–Trinajstić information content (AvgIpc) is 2.72. The van der Waals surface area contributed by atoms with E-state index in [0.717, 1.165) is 12.5 Å². The molecule has 1 aliphatic carbocycles. The third-order valence-corrected chi connectivity index (χ3v) is 3.93. The molecule has 2 unspecified atom stereocenters. The Labute approximate surface area is 112 Å². The van der Waals surface area contributed by atoms with Crippen molar-refractivity contribution in [1.82, 2.24) is 0 Å². The molecule has 2 rings (SSSR count). The summed E-state index contributed by atoms with van der Waals surface area (Å²) in [5.74, 6) is 0.443. The molecule has 1 aliphatic rings. The van der Waals surface area contributed by atoms with Crippen LogP contribution < -0.4 is 5.32 Å². The Hall–Kier alpha value is -1.22. The minimum atomic E-state index is -0.983. The van der Waals surface area contributed by atoms with Gasteiger partial charge in [-0.15, -0.1) is 0 Å². The number of carbonyl (C=O) groups is 1. The largest absolute Gasteiger partial charge is 0.478 e. The van der Waals surface area contributed by atoms with Crippen LogP contribution in [0.4, 0.5) is 5.69 Å². The maximum Gasteiger partial charge on any atom is 0.339 e. The van der Waals surface area contributed by atoms with Gasteiger partial charge in [-0.1, -0.05) is 31.0 Å². The van der Waals surface area contributed by atoms with E-state index in [4.69, 9.17) is 16.7 Å². The Morgan fingerprint density at radius 3 is 2.89 bits per heavy atom. The van der Waals surface area contributed by atoms with Gasteiger partial charge in [-0.25, -0.2) is 4.79 Å². The monoisotopic (exact) mass is 267 g/mol. The molecule has 0 bridgehead atoms. The number of hydrogen-bond donors (Lipinski definition) is 2. The van der Waals surface area contributed by atoms with Crippen LogP contribution in [0.15, 0.2) is 18.2 Å². The van der Waals surface area contributed by atoms with Crippen molar-refractivity contribution in [3.63, 3.8) is 0 Å². The van der Waals surface area contributed by atoms with E-state index in [-0.39, 0.29) is 10.6 Å². The second-order valence-electron chi connectivity index (χ2n) is 5.13. The zero-order chi connectivity index (χ0) is 13.1. The molecular formula is C14H18ClNO2. The number of hydrogen-bond acceptors (Lipinski definition) is 2. The lowest BCUT2D eigenvalue weighted by Gasteiger charge is -2.14. The summed E-state index contributed by atoms with van der Waals surface area (Å²) in [5.41, 5.74) is 0.791. The van der Waals surface area contributed by atoms with Crippen LogP contribution in [-0.4, -0.2) is 17.6 Å². The van der Waals surface area contributed by atoms with E-state index in [2.05, 4.69) is 12.2 Å². The lowest BCUT2D eigenvalue weighted by atomic mass is 10.1. The van der Waals surface area contributed by atoms with Crippen molar-refractivity contribution in [2.45, 2.75) is 26.2 Å². The van der Waals surface area contributed by atoms with E-state index in [9.17, 15) is 4.79 Å². The predicted octanol–water partition coefficient (Wildman–Crippen LogP) is 3.89. The Morgan fingerprint density at radius 1 is 1.50 bits per heavy atom. The third-order valence-electron chi connectivity index (χ3n) is 3.61. The Kier molecular flexibility index (Phi) is 4.12. The summed E-state index contributed by atoms with van der Waals surface area (Å²) in [5, 5.41) is 12.7. The van der Waals surface area contributed by atoms with Crippen molar-refractivity contribution in [1.29, 1.82) is 0 Å². The minimum absolute atomic E-state index is 0.171. The third kappa shape index (κ3) is 2.96. The number of aromatic carboxylic acids is 1. The highest BCUT2D eigenvalue weighted by Crippen LogP contribution is 2.31. The highest BCUT2D eigenvalue weighted by Gasteiger charge is 2.22. The van der Waals surface area contributed by atoms with Crippen LogP contribution in [0.5, 0.6) is 0 Å². The second-order valence-corrected chi connectivity index (χ2v) is 5.54. The standard InChI is InChI=1S/C14H18ClNO2/c1-9-5-6-10(7-9)8-16-12-4-2-3-11(15)13(12)14(17)18/h2-4,9-10,16H,5-8H2,1H3,(H,17,18). The predicted molar refractivity (Wildman–Crippen MR) is 73.4 cm³/mol. The number of halogens is 1.